The first-order chi connectivity index (χ1) is 15.3. The summed E-state index contributed by atoms with van der Waals surface area (Å²) in [6.07, 6.45) is 0. The molecule has 148 valence electrons. The molecule has 5 rings (SSSR count). The standard InChI is InChI=1S/C30H23N/c1-22-10-8-15-25(18-22)26-16-9-17-27(19-26)28-20-29(23-11-4-2-5-12-23)31-30(21-28)24-13-6-3-7-14-24/h2-21H,1H3. The minimum Gasteiger partial charge on any atom is -0.248 e. The van der Waals surface area contributed by atoms with Crippen molar-refractivity contribution in [2.45, 2.75) is 6.92 Å². The molecule has 0 aliphatic carbocycles. The molecule has 1 aromatic heterocycles. The molecule has 0 saturated carbocycles. The van der Waals surface area contributed by atoms with E-state index >= 15 is 0 Å². The molecule has 5 aromatic rings. The molecule has 1 nitrogen and oxygen atoms in total. The molecule has 0 saturated heterocycles. The lowest BCUT2D eigenvalue weighted by Gasteiger charge is -2.12. The van der Waals surface area contributed by atoms with Gasteiger partial charge in [0, 0.05) is 11.1 Å². The molecule has 0 fully saturated rings. The molecular weight excluding hydrogens is 374 g/mol. The highest BCUT2D eigenvalue weighted by Crippen LogP contribution is 2.32. The van der Waals surface area contributed by atoms with Crippen molar-refractivity contribution >= 4 is 0 Å². The summed E-state index contributed by atoms with van der Waals surface area (Å²) in [4.78, 5) is 4.99. The average molecular weight is 398 g/mol. The molecule has 1 heterocycles. The van der Waals surface area contributed by atoms with Crippen LogP contribution in [-0.4, -0.2) is 4.98 Å². The van der Waals surface area contributed by atoms with E-state index in [1.165, 1.54) is 27.8 Å². The first-order valence-corrected chi connectivity index (χ1v) is 10.6. The van der Waals surface area contributed by atoms with Gasteiger partial charge in [-0.2, -0.15) is 0 Å². The molecule has 0 spiro atoms. The highest BCUT2D eigenvalue weighted by atomic mass is 14.7. The van der Waals surface area contributed by atoms with Gasteiger partial charge in [-0.1, -0.05) is 109 Å². The summed E-state index contributed by atoms with van der Waals surface area (Å²) < 4.78 is 0. The Morgan fingerprint density at radius 2 is 0.839 bits per heavy atom. The number of aromatic nitrogens is 1. The zero-order valence-corrected chi connectivity index (χ0v) is 17.5. The zero-order valence-electron chi connectivity index (χ0n) is 17.5. The van der Waals surface area contributed by atoms with Gasteiger partial charge in [0.25, 0.3) is 0 Å². The number of aryl methyl sites for hydroxylation is 1. The third-order valence-corrected chi connectivity index (χ3v) is 5.51. The van der Waals surface area contributed by atoms with Crippen molar-refractivity contribution in [2.75, 3.05) is 0 Å². The molecular formula is C30H23N. The van der Waals surface area contributed by atoms with E-state index in [0.717, 1.165) is 22.5 Å². The van der Waals surface area contributed by atoms with E-state index in [2.05, 4.69) is 116 Å². The molecule has 4 aromatic carbocycles. The van der Waals surface area contributed by atoms with Crippen molar-refractivity contribution in [2.24, 2.45) is 0 Å². The van der Waals surface area contributed by atoms with Crippen LogP contribution in [0.15, 0.2) is 121 Å². The van der Waals surface area contributed by atoms with Gasteiger partial charge in [-0.3, -0.25) is 0 Å². The third-order valence-electron chi connectivity index (χ3n) is 5.51. The van der Waals surface area contributed by atoms with Crippen LogP contribution in [-0.2, 0) is 0 Å². The highest BCUT2D eigenvalue weighted by molar-refractivity contribution is 5.79. The third kappa shape index (κ3) is 4.17. The lowest BCUT2D eigenvalue weighted by atomic mass is 9.96. The predicted octanol–water partition coefficient (Wildman–Crippen LogP) is 8.06. The van der Waals surface area contributed by atoms with E-state index < -0.39 is 0 Å². The minimum atomic E-state index is 0.984. The Hall–Kier alpha value is -3.97. The Labute approximate surface area is 183 Å². The van der Waals surface area contributed by atoms with Crippen LogP contribution < -0.4 is 0 Å². The lowest BCUT2D eigenvalue weighted by molar-refractivity contribution is 1.32. The molecule has 0 N–H and O–H groups in total. The summed E-state index contributed by atoms with van der Waals surface area (Å²) >= 11 is 0. The summed E-state index contributed by atoms with van der Waals surface area (Å²) in [6.45, 7) is 2.13. The van der Waals surface area contributed by atoms with Gasteiger partial charge in [0.2, 0.25) is 0 Å². The normalized spacial score (nSPS) is 10.7. The number of nitrogens with zero attached hydrogens (tertiary/aromatic N) is 1. The molecule has 0 amide bonds. The van der Waals surface area contributed by atoms with Gasteiger partial charge in [-0.05, 0) is 47.4 Å². The van der Waals surface area contributed by atoms with E-state index in [4.69, 9.17) is 4.98 Å². The van der Waals surface area contributed by atoms with Gasteiger partial charge in [0.05, 0.1) is 11.4 Å². The van der Waals surface area contributed by atoms with Crippen molar-refractivity contribution in [3.05, 3.63) is 127 Å². The maximum Gasteiger partial charge on any atom is 0.0715 e. The largest absolute Gasteiger partial charge is 0.248 e. The number of hydrogen-bond donors (Lipinski definition) is 0. The topological polar surface area (TPSA) is 12.9 Å². The predicted molar refractivity (Wildman–Crippen MR) is 131 cm³/mol. The van der Waals surface area contributed by atoms with Gasteiger partial charge in [0.15, 0.2) is 0 Å². The van der Waals surface area contributed by atoms with Crippen molar-refractivity contribution in [3.63, 3.8) is 0 Å². The highest BCUT2D eigenvalue weighted by Gasteiger charge is 2.09. The monoisotopic (exact) mass is 397 g/mol. The van der Waals surface area contributed by atoms with Crippen molar-refractivity contribution in [1.82, 2.24) is 4.98 Å². The fraction of sp³-hybridized carbons (Fsp3) is 0.0333. The van der Waals surface area contributed by atoms with E-state index in [1.54, 1.807) is 0 Å². The van der Waals surface area contributed by atoms with Crippen LogP contribution in [0, 0.1) is 6.92 Å². The van der Waals surface area contributed by atoms with E-state index in [0.29, 0.717) is 0 Å². The first kappa shape index (κ1) is 19.0. The Morgan fingerprint density at radius 1 is 0.387 bits per heavy atom. The lowest BCUT2D eigenvalue weighted by Crippen LogP contribution is -1.91. The Kier molecular flexibility index (Phi) is 5.16. The molecule has 0 bridgehead atoms. The number of hydrogen-bond acceptors (Lipinski definition) is 1. The molecule has 0 radical (unpaired) electrons. The maximum absolute atomic E-state index is 4.99. The van der Waals surface area contributed by atoms with E-state index in [1.807, 2.05) is 12.1 Å². The number of benzene rings is 4. The fourth-order valence-electron chi connectivity index (χ4n) is 3.91. The van der Waals surface area contributed by atoms with Crippen molar-refractivity contribution in [3.8, 4) is 44.8 Å². The summed E-state index contributed by atoms with van der Waals surface area (Å²) in [7, 11) is 0. The van der Waals surface area contributed by atoms with Gasteiger partial charge >= 0.3 is 0 Å². The Morgan fingerprint density at radius 3 is 1.39 bits per heavy atom. The molecule has 0 atom stereocenters. The SMILES string of the molecule is Cc1cccc(-c2cccc(-c3cc(-c4ccccc4)nc(-c4ccccc4)c3)c2)c1. The molecule has 0 aliphatic rings. The van der Waals surface area contributed by atoms with Gasteiger partial charge in [-0.25, -0.2) is 4.98 Å². The fourth-order valence-corrected chi connectivity index (χ4v) is 3.91. The summed E-state index contributed by atoms with van der Waals surface area (Å²) in [5.41, 5.74) is 10.3. The van der Waals surface area contributed by atoms with Crippen LogP contribution in [0.4, 0.5) is 0 Å². The maximum atomic E-state index is 4.99. The Bertz CT molecular complexity index is 1260. The molecule has 0 aliphatic heterocycles. The van der Waals surface area contributed by atoms with Crippen molar-refractivity contribution in [1.29, 1.82) is 0 Å². The minimum absolute atomic E-state index is 0.984. The van der Waals surface area contributed by atoms with E-state index in [-0.39, 0.29) is 0 Å². The number of pyridine rings is 1. The first-order valence-electron chi connectivity index (χ1n) is 10.6. The average Bonchev–Trinajstić information content (AvgIpc) is 2.85. The summed E-state index contributed by atoms with van der Waals surface area (Å²) in [5.74, 6) is 0. The smallest absolute Gasteiger partial charge is 0.0715 e. The summed E-state index contributed by atoms with van der Waals surface area (Å²) in [6, 6.07) is 42.6. The number of rotatable bonds is 4. The zero-order chi connectivity index (χ0) is 21.0. The van der Waals surface area contributed by atoms with Crippen LogP contribution >= 0.6 is 0 Å². The Balaban J connectivity index is 1.66. The molecule has 1 heteroatoms. The van der Waals surface area contributed by atoms with Crippen LogP contribution in [0.1, 0.15) is 5.56 Å². The quantitative estimate of drug-likeness (QED) is 0.299. The van der Waals surface area contributed by atoms with Gasteiger partial charge < -0.3 is 0 Å². The van der Waals surface area contributed by atoms with Crippen LogP contribution in [0.25, 0.3) is 44.8 Å². The van der Waals surface area contributed by atoms with Crippen LogP contribution in [0.3, 0.4) is 0 Å². The second-order valence-corrected chi connectivity index (χ2v) is 7.81. The van der Waals surface area contributed by atoms with Gasteiger partial charge in [-0.15, -0.1) is 0 Å². The van der Waals surface area contributed by atoms with Gasteiger partial charge in [0.1, 0.15) is 0 Å². The van der Waals surface area contributed by atoms with E-state index in [9.17, 15) is 0 Å². The second kappa shape index (κ2) is 8.41. The van der Waals surface area contributed by atoms with Crippen molar-refractivity contribution < 1.29 is 0 Å². The summed E-state index contributed by atoms with van der Waals surface area (Å²) in [5, 5.41) is 0. The second-order valence-electron chi connectivity index (χ2n) is 7.81. The molecule has 0 unspecified atom stereocenters. The van der Waals surface area contributed by atoms with Crippen LogP contribution in [0.5, 0.6) is 0 Å². The van der Waals surface area contributed by atoms with Crippen LogP contribution in [0.2, 0.25) is 0 Å². The molecule has 31 heavy (non-hydrogen) atoms.